The zero-order valence-electron chi connectivity index (χ0n) is 10.6. The molecule has 2 aliphatic rings. The van der Waals surface area contributed by atoms with Crippen LogP contribution in [0.15, 0.2) is 22.7 Å². The van der Waals surface area contributed by atoms with Crippen LogP contribution in [-0.2, 0) is 0 Å². The number of aryl methyl sites for hydroxylation is 1. The lowest BCUT2D eigenvalue weighted by molar-refractivity contribution is -0.0304. The van der Waals surface area contributed by atoms with Gasteiger partial charge in [0.25, 0.3) is 0 Å². The molecule has 1 nitrogen and oxygen atoms in total. The highest BCUT2D eigenvalue weighted by Gasteiger charge is 2.56. The summed E-state index contributed by atoms with van der Waals surface area (Å²) in [6, 6.07) is 6.28. The molecule has 2 aliphatic carbocycles. The summed E-state index contributed by atoms with van der Waals surface area (Å²) in [6.45, 7) is 2.11. The number of hydrogen-bond donors (Lipinski definition) is 0. The minimum atomic E-state index is 0.407. The largest absolute Gasteiger partial charge is 0.490 e. The van der Waals surface area contributed by atoms with Gasteiger partial charge in [0.15, 0.2) is 0 Å². The van der Waals surface area contributed by atoms with Gasteiger partial charge in [-0.1, -0.05) is 44.7 Å². The van der Waals surface area contributed by atoms with Crippen molar-refractivity contribution < 1.29 is 4.74 Å². The van der Waals surface area contributed by atoms with Crippen LogP contribution in [0.1, 0.15) is 37.7 Å². The highest BCUT2D eigenvalue weighted by Crippen LogP contribution is 2.57. The van der Waals surface area contributed by atoms with Gasteiger partial charge in [-0.3, -0.25) is 0 Å². The molecular weight excluding hydrogens is 356 g/mol. The van der Waals surface area contributed by atoms with Gasteiger partial charge >= 0.3 is 0 Å². The first kappa shape index (κ1) is 13.0. The third-order valence-corrected chi connectivity index (χ3v) is 6.80. The van der Waals surface area contributed by atoms with Crippen molar-refractivity contribution in [3.8, 4) is 5.75 Å². The van der Waals surface area contributed by atoms with Crippen LogP contribution < -0.4 is 4.74 Å². The molecule has 0 aromatic heterocycles. The molecule has 1 aromatic rings. The van der Waals surface area contributed by atoms with E-state index in [4.69, 9.17) is 4.74 Å². The Bertz CT molecular complexity index is 452. The fourth-order valence-electron chi connectivity index (χ4n) is 3.39. The molecule has 18 heavy (non-hydrogen) atoms. The van der Waals surface area contributed by atoms with Crippen LogP contribution in [-0.4, -0.2) is 10.9 Å². The van der Waals surface area contributed by atoms with Gasteiger partial charge in [0.05, 0.1) is 0 Å². The maximum atomic E-state index is 6.24. The van der Waals surface area contributed by atoms with E-state index in [2.05, 4.69) is 57.0 Å². The van der Waals surface area contributed by atoms with E-state index < -0.39 is 0 Å². The summed E-state index contributed by atoms with van der Waals surface area (Å²) in [5.74, 6) is 1.02. The van der Waals surface area contributed by atoms with Gasteiger partial charge in [0.2, 0.25) is 0 Å². The Balaban J connectivity index is 1.75. The number of halogens is 2. The normalized spacial score (nSPS) is 29.3. The number of alkyl halides is 1. The van der Waals surface area contributed by atoms with Gasteiger partial charge in [0, 0.05) is 14.7 Å². The Kier molecular flexibility index (Phi) is 3.48. The minimum Gasteiger partial charge on any atom is -0.490 e. The van der Waals surface area contributed by atoms with Gasteiger partial charge in [-0.15, -0.1) is 0 Å². The molecule has 1 spiro atoms. The Morgan fingerprint density at radius 3 is 2.61 bits per heavy atom. The summed E-state index contributed by atoms with van der Waals surface area (Å²) < 4.78 is 7.39. The van der Waals surface area contributed by atoms with Crippen molar-refractivity contribution >= 4 is 31.9 Å². The third kappa shape index (κ3) is 2.03. The van der Waals surface area contributed by atoms with Gasteiger partial charge in [-0.25, -0.2) is 0 Å². The predicted molar refractivity (Wildman–Crippen MR) is 81.5 cm³/mol. The molecule has 0 aliphatic heterocycles. The topological polar surface area (TPSA) is 9.23 Å². The van der Waals surface area contributed by atoms with E-state index in [1.807, 2.05) is 0 Å². The van der Waals surface area contributed by atoms with Crippen LogP contribution in [0, 0.1) is 12.3 Å². The van der Waals surface area contributed by atoms with Crippen LogP contribution in [0.2, 0.25) is 0 Å². The van der Waals surface area contributed by atoms with Crippen LogP contribution >= 0.6 is 31.9 Å². The standard InChI is InChI=1S/C15H18Br2O/c1-10-8-11(4-5-12(10)16)18-14-9-13(17)15(14)6-2-3-7-15/h4-5,8,13-14H,2-3,6-7,9H2,1H3. The second kappa shape index (κ2) is 4.82. The Morgan fingerprint density at radius 2 is 2.00 bits per heavy atom. The number of rotatable bonds is 2. The van der Waals surface area contributed by atoms with Crippen molar-refractivity contribution in [2.24, 2.45) is 5.41 Å². The van der Waals surface area contributed by atoms with Crippen molar-refractivity contribution in [2.75, 3.05) is 0 Å². The van der Waals surface area contributed by atoms with Crippen molar-refractivity contribution in [3.05, 3.63) is 28.2 Å². The molecule has 0 saturated heterocycles. The van der Waals surface area contributed by atoms with Gasteiger partial charge in [-0.2, -0.15) is 0 Å². The minimum absolute atomic E-state index is 0.407. The van der Waals surface area contributed by atoms with Gasteiger partial charge < -0.3 is 4.74 Å². The maximum absolute atomic E-state index is 6.24. The zero-order chi connectivity index (χ0) is 12.8. The Labute approximate surface area is 126 Å². The molecule has 2 atom stereocenters. The summed E-state index contributed by atoms with van der Waals surface area (Å²) in [5, 5.41) is 0. The first-order chi connectivity index (χ1) is 8.62. The second-order valence-corrected chi connectivity index (χ2v) is 7.62. The van der Waals surface area contributed by atoms with E-state index in [0.29, 0.717) is 16.3 Å². The summed E-state index contributed by atoms with van der Waals surface area (Å²) in [5.41, 5.74) is 1.66. The van der Waals surface area contributed by atoms with Crippen molar-refractivity contribution in [1.82, 2.24) is 0 Å². The molecule has 0 radical (unpaired) electrons. The SMILES string of the molecule is Cc1cc(OC2CC(Br)C23CCCC3)ccc1Br. The smallest absolute Gasteiger partial charge is 0.120 e. The maximum Gasteiger partial charge on any atom is 0.120 e. The Morgan fingerprint density at radius 1 is 1.28 bits per heavy atom. The van der Waals surface area contributed by atoms with E-state index in [0.717, 1.165) is 16.6 Å². The fourth-order valence-corrected chi connectivity index (χ4v) is 4.73. The van der Waals surface area contributed by atoms with E-state index >= 15 is 0 Å². The molecule has 0 heterocycles. The fraction of sp³-hybridized carbons (Fsp3) is 0.600. The quantitative estimate of drug-likeness (QED) is 0.644. The van der Waals surface area contributed by atoms with Crippen LogP contribution in [0.3, 0.4) is 0 Å². The monoisotopic (exact) mass is 372 g/mol. The average Bonchev–Trinajstić information content (AvgIpc) is 2.85. The number of benzene rings is 1. The molecule has 98 valence electrons. The molecule has 0 N–H and O–H groups in total. The van der Waals surface area contributed by atoms with E-state index in [9.17, 15) is 0 Å². The lowest BCUT2D eigenvalue weighted by atomic mass is 9.64. The number of hydrogen-bond acceptors (Lipinski definition) is 1. The molecule has 2 saturated carbocycles. The molecule has 0 amide bonds. The molecule has 1 aromatic carbocycles. The summed E-state index contributed by atoms with van der Waals surface area (Å²) >= 11 is 7.37. The molecule has 3 heteroatoms. The van der Waals surface area contributed by atoms with Gasteiger partial charge in [0.1, 0.15) is 11.9 Å². The molecule has 2 unspecified atom stereocenters. The van der Waals surface area contributed by atoms with E-state index in [1.165, 1.54) is 31.2 Å². The average molecular weight is 374 g/mol. The van der Waals surface area contributed by atoms with Gasteiger partial charge in [-0.05, 0) is 49.9 Å². The molecule has 0 bridgehead atoms. The van der Waals surface area contributed by atoms with Crippen molar-refractivity contribution in [2.45, 2.75) is 50.0 Å². The summed E-state index contributed by atoms with van der Waals surface area (Å²) in [6.07, 6.45) is 6.93. The zero-order valence-corrected chi connectivity index (χ0v) is 13.8. The molecule has 2 fully saturated rings. The second-order valence-electron chi connectivity index (χ2n) is 5.66. The first-order valence-corrected chi connectivity index (χ1v) is 8.39. The molecule has 3 rings (SSSR count). The van der Waals surface area contributed by atoms with Crippen LogP contribution in [0.5, 0.6) is 5.75 Å². The van der Waals surface area contributed by atoms with Crippen LogP contribution in [0.4, 0.5) is 0 Å². The Hall–Kier alpha value is -0.0200. The van der Waals surface area contributed by atoms with Crippen molar-refractivity contribution in [1.29, 1.82) is 0 Å². The van der Waals surface area contributed by atoms with Crippen molar-refractivity contribution in [3.63, 3.8) is 0 Å². The third-order valence-electron chi connectivity index (χ3n) is 4.63. The summed E-state index contributed by atoms with van der Waals surface area (Å²) in [7, 11) is 0. The first-order valence-electron chi connectivity index (χ1n) is 6.69. The highest BCUT2D eigenvalue weighted by molar-refractivity contribution is 9.10. The predicted octanol–water partition coefficient (Wildman–Crippen LogP) is 5.23. The van der Waals surface area contributed by atoms with E-state index in [1.54, 1.807) is 0 Å². The van der Waals surface area contributed by atoms with Crippen LogP contribution in [0.25, 0.3) is 0 Å². The highest BCUT2D eigenvalue weighted by atomic mass is 79.9. The van der Waals surface area contributed by atoms with E-state index in [-0.39, 0.29) is 0 Å². The number of ether oxygens (including phenoxy) is 1. The molecular formula is C15H18Br2O. The lowest BCUT2D eigenvalue weighted by Crippen LogP contribution is -2.55. The summed E-state index contributed by atoms with van der Waals surface area (Å²) in [4.78, 5) is 0.661. The lowest BCUT2D eigenvalue weighted by Gasteiger charge is -2.51.